The zero-order chi connectivity index (χ0) is 25.3. The summed E-state index contributed by atoms with van der Waals surface area (Å²) in [5.74, 6) is 0.402. The fraction of sp³-hybridized carbons (Fsp3) is 0.286. The largest absolute Gasteiger partial charge is 0.496 e. The zero-order valence-electron chi connectivity index (χ0n) is 20.8. The number of aryl methyl sites for hydroxylation is 2. The predicted octanol–water partition coefficient (Wildman–Crippen LogP) is 6.29. The molecule has 0 fully saturated rings. The molecule has 0 radical (unpaired) electrons. The van der Waals surface area contributed by atoms with Crippen LogP contribution in [-0.2, 0) is 9.98 Å². The number of hydrogen-bond donors (Lipinski definition) is 0. The highest BCUT2D eigenvalue weighted by Gasteiger charge is 2.46. The van der Waals surface area contributed by atoms with Crippen molar-refractivity contribution in [1.82, 2.24) is 0 Å². The molecule has 34 heavy (non-hydrogen) atoms. The van der Waals surface area contributed by atoms with Gasteiger partial charge < -0.3 is 14.0 Å². The van der Waals surface area contributed by atoms with Gasteiger partial charge in [-0.1, -0.05) is 69.3 Å². The van der Waals surface area contributed by atoms with Gasteiger partial charge in [-0.15, -0.1) is 0 Å². The monoisotopic (exact) mass is 478 g/mol. The molecule has 0 aliphatic heterocycles. The Bertz CT molecular complexity index is 1240. The first-order valence-electron chi connectivity index (χ1n) is 11.0. The lowest BCUT2D eigenvalue weighted by molar-refractivity contribution is 0.103. The van der Waals surface area contributed by atoms with E-state index in [1.54, 1.807) is 62.4 Å². The van der Waals surface area contributed by atoms with Crippen molar-refractivity contribution in [2.75, 3.05) is 14.2 Å². The lowest BCUT2D eigenvalue weighted by Gasteiger charge is -2.26. The van der Waals surface area contributed by atoms with Gasteiger partial charge in [0, 0.05) is 10.9 Å². The molecule has 3 rings (SSSR count). The number of rotatable bonds is 7. The summed E-state index contributed by atoms with van der Waals surface area (Å²) < 4.78 is 25.8. The maximum absolute atomic E-state index is 14.9. The van der Waals surface area contributed by atoms with Gasteiger partial charge >= 0.3 is 0 Å². The van der Waals surface area contributed by atoms with Crippen LogP contribution in [0, 0.1) is 13.8 Å². The second-order valence-electron chi connectivity index (χ2n) is 9.33. The molecule has 5 nitrogen and oxygen atoms in total. The van der Waals surface area contributed by atoms with E-state index in [9.17, 15) is 14.2 Å². The molecule has 0 bridgehead atoms. The van der Waals surface area contributed by atoms with Gasteiger partial charge in [-0.05, 0) is 48.1 Å². The fourth-order valence-electron chi connectivity index (χ4n) is 4.16. The standard InChI is InChI=1S/C28H31O5P/c1-18-16-21(28(3,4)5)17-19(2)25(18)34(31,26(29)20-12-9-8-10-13-20)27(30)24-22(32-6)14-11-15-23(24)33-7/h8-17H,1-7H3. The van der Waals surface area contributed by atoms with Gasteiger partial charge in [0.25, 0.3) is 0 Å². The summed E-state index contributed by atoms with van der Waals surface area (Å²) in [6.07, 6.45) is 0. The summed E-state index contributed by atoms with van der Waals surface area (Å²) in [5, 5.41) is 0.271. The van der Waals surface area contributed by atoms with E-state index in [2.05, 4.69) is 20.8 Å². The molecular formula is C28H31O5P. The number of hydrogen-bond acceptors (Lipinski definition) is 5. The maximum atomic E-state index is 14.9. The van der Waals surface area contributed by atoms with Crippen molar-refractivity contribution >= 4 is 23.5 Å². The molecule has 0 aromatic heterocycles. The second kappa shape index (κ2) is 9.60. The molecule has 3 aromatic carbocycles. The van der Waals surface area contributed by atoms with Gasteiger partial charge in [0.2, 0.25) is 18.2 Å². The molecule has 0 aliphatic rings. The number of ether oxygens (including phenoxy) is 2. The zero-order valence-corrected chi connectivity index (χ0v) is 21.7. The van der Waals surface area contributed by atoms with Gasteiger partial charge in [-0.2, -0.15) is 0 Å². The molecule has 178 valence electrons. The summed E-state index contributed by atoms with van der Waals surface area (Å²) >= 11 is 0. The minimum Gasteiger partial charge on any atom is -0.496 e. The number of carbonyl (C=O) groups is 2. The molecule has 1 unspecified atom stereocenters. The van der Waals surface area contributed by atoms with E-state index in [-0.39, 0.29) is 33.3 Å². The first kappa shape index (κ1) is 25.5. The van der Waals surface area contributed by atoms with Crippen LogP contribution < -0.4 is 14.8 Å². The summed E-state index contributed by atoms with van der Waals surface area (Å²) in [6.45, 7) is 9.85. The van der Waals surface area contributed by atoms with E-state index in [0.29, 0.717) is 11.1 Å². The van der Waals surface area contributed by atoms with Gasteiger partial charge in [0.15, 0.2) is 0 Å². The Hall–Kier alpha value is -3.17. The Morgan fingerprint density at radius 2 is 1.26 bits per heavy atom. The van der Waals surface area contributed by atoms with Crippen molar-refractivity contribution in [2.45, 2.75) is 40.0 Å². The van der Waals surface area contributed by atoms with Crippen molar-refractivity contribution in [3.8, 4) is 11.5 Å². The molecule has 0 saturated carbocycles. The highest BCUT2D eigenvalue weighted by Crippen LogP contribution is 2.55. The Balaban J connectivity index is 2.39. The summed E-state index contributed by atoms with van der Waals surface area (Å²) in [7, 11) is -1.52. The van der Waals surface area contributed by atoms with Crippen LogP contribution >= 0.6 is 7.14 Å². The summed E-state index contributed by atoms with van der Waals surface area (Å²) in [6, 6.07) is 17.0. The van der Waals surface area contributed by atoms with Crippen molar-refractivity contribution in [3.05, 3.63) is 88.5 Å². The smallest absolute Gasteiger partial charge is 0.249 e. The Morgan fingerprint density at radius 1 is 0.765 bits per heavy atom. The molecular weight excluding hydrogens is 447 g/mol. The average Bonchev–Trinajstić information content (AvgIpc) is 2.81. The predicted molar refractivity (Wildman–Crippen MR) is 137 cm³/mol. The van der Waals surface area contributed by atoms with Gasteiger partial charge in [-0.3, -0.25) is 9.59 Å². The Labute approximate surface area is 201 Å². The molecule has 0 N–H and O–H groups in total. The quantitative estimate of drug-likeness (QED) is 0.374. The number of carbonyl (C=O) groups excluding carboxylic acids is 2. The minimum absolute atomic E-state index is 0.00110. The summed E-state index contributed by atoms with van der Waals surface area (Å²) in [4.78, 5) is 28.1. The molecule has 0 heterocycles. The van der Waals surface area contributed by atoms with Crippen LogP contribution in [0.3, 0.4) is 0 Å². The van der Waals surface area contributed by atoms with E-state index in [1.165, 1.54) is 14.2 Å². The van der Waals surface area contributed by atoms with Crippen LogP contribution in [0.4, 0.5) is 0 Å². The minimum atomic E-state index is -4.36. The van der Waals surface area contributed by atoms with Crippen molar-refractivity contribution in [3.63, 3.8) is 0 Å². The van der Waals surface area contributed by atoms with Gasteiger partial charge in [0.05, 0.1) is 14.2 Å². The maximum Gasteiger partial charge on any atom is 0.249 e. The molecule has 0 aliphatic carbocycles. The van der Waals surface area contributed by atoms with E-state index >= 15 is 0 Å². The van der Waals surface area contributed by atoms with Gasteiger partial charge in [0.1, 0.15) is 17.1 Å². The van der Waals surface area contributed by atoms with Crippen LogP contribution in [0.2, 0.25) is 0 Å². The molecule has 6 heteroatoms. The average molecular weight is 479 g/mol. The third-order valence-corrected chi connectivity index (χ3v) is 8.87. The first-order chi connectivity index (χ1) is 16.0. The van der Waals surface area contributed by atoms with Crippen LogP contribution in [0.5, 0.6) is 11.5 Å². The lowest BCUT2D eigenvalue weighted by Crippen LogP contribution is -2.26. The van der Waals surface area contributed by atoms with Crippen LogP contribution in [0.15, 0.2) is 60.7 Å². The van der Waals surface area contributed by atoms with Crippen LogP contribution in [0.25, 0.3) is 0 Å². The van der Waals surface area contributed by atoms with E-state index in [0.717, 1.165) is 5.56 Å². The highest BCUT2D eigenvalue weighted by molar-refractivity contribution is 8.01. The molecule has 1 atom stereocenters. The highest BCUT2D eigenvalue weighted by atomic mass is 31.2. The third-order valence-electron chi connectivity index (χ3n) is 5.91. The SMILES string of the molecule is COc1cccc(OC)c1C(=O)P(=O)(C(=O)c1ccccc1)c1c(C)cc(C(C)(C)C)cc1C. The van der Waals surface area contributed by atoms with E-state index < -0.39 is 18.2 Å². The van der Waals surface area contributed by atoms with Crippen LogP contribution in [0.1, 0.15) is 58.2 Å². The fourth-order valence-corrected chi connectivity index (χ4v) is 6.92. The molecule has 0 saturated heterocycles. The third kappa shape index (κ3) is 4.45. The van der Waals surface area contributed by atoms with Crippen LogP contribution in [-0.4, -0.2) is 25.3 Å². The van der Waals surface area contributed by atoms with Gasteiger partial charge in [-0.25, -0.2) is 0 Å². The van der Waals surface area contributed by atoms with Crippen molar-refractivity contribution in [2.24, 2.45) is 0 Å². The Morgan fingerprint density at radius 3 is 1.71 bits per heavy atom. The number of methoxy groups -OCH3 is 2. The summed E-state index contributed by atoms with van der Waals surface area (Å²) in [5.41, 5.74) is 0.862. The van der Waals surface area contributed by atoms with Crippen molar-refractivity contribution < 1.29 is 23.6 Å². The number of benzene rings is 3. The first-order valence-corrected chi connectivity index (χ1v) is 12.8. The lowest BCUT2D eigenvalue weighted by atomic mass is 9.85. The van der Waals surface area contributed by atoms with E-state index in [4.69, 9.17) is 9.47 Å². The topological polar surface area (TPSA) is 69.7 Å². The molecule has 0 amide bonds. The molecule has 3 aromatic rings. The second-order valence-corrected chi connectivity index (χ2v) is 11.8. The molecule has 0 spiro atoms. The normalized spacial score (nSPS) is 13.1. The van der Waals surface area contributed by atoms with Crippen molar-refractivity contribution in [1.29, 1.82) is 0 Å². The Kier molecular flexibility index (Phi) is 7.18. The van der Waals surface area contributed by atoms with E-state index in [1.807, 2.05) is 12.1 Å².